The summed E-state index contributed by atoms with van der Waals surface area (Å²) in [6.45, 7) is 5.33. The van der Waals surface area contributed by atoms with Gasteiger partial charge in [0.15, 0.2) is 5.16 Å². The molecular formula is C37H39N5OS. The molecule has 1 aromatic heterocycles. The van der Waals surface area contributed by atoms with E-state index in [4.69, 9.17) is 0 Å². The van der Waals surface area contributed by atoms with E-state index in [0.717, 1.165) is 55.0 Å². The Bertz CT molecular complexity index is 1580. The molecule has 0 N–H and O–H groups in total. The van der Waals surface area contributed by atoms with Crippen LogP contribution in [-0.4, -0.2) is 62.4 Å². The highest BCUT2D eigenvalue weighted by Crippen LogP contribution is 2.30. The fourth-order valence-corrected chi connectivity index (χ4v) is 6.81. The molecule has 6 rings (SSSR count). The second-order valence-electron chi connectivity index (χ2n) is 11.3. The second-order valence-corrected chi connectivity index (χ2v) is 12.4. The van der Waals surface area contributed by atoms with Gasteiger partial charge in [0.2, 0.25) is 5.91 Å². The molecule has 0 bridgehead atoms. The van der Waals surface area contributed by atoms with Gasteiger partial charge in [0, 0.05) is 50.5 Å². The van der Waals surface area contributed by atoms with Gasteiger partial charge in [-0.3, -0.25) is 14.3 Å². The van der Waals surface area contributed by atoms with Crippen molar-refractivity contribution in [3.63, 3.8) is 0 Å². The molecule has 1 amide bonds. The van der Waals surface area contributed by atoms with Gasteiger partial charge in [-0.2, -0.15) is 0 Å². The van der Waals surface area contributed by atoms with Gasteiger partial charge in [0.1, 0.15) is 5.82 Å². The molecule has 1 aliphatic heterocycles. The summed E-state index contributed by atoms with van der Waals surface area (Å²) in [4.78, 5) is 17.8. The molecule has 0 atom stereocenters. The highest BCUT2D eigenvalue weighted by atomic mass is 32.2. The molecule has 1 saturated heterocycles. The van der Waals surface area contributed by atoms with Crippen LogP contribution < -0.4 is 0 Å². The molecule has 0 saturated carbocycles. The third-order valence-electron chi connectivity index (χ3n) is 8.23. The predicted molar refractivity (Wildman–Crippen MR) is 178 cm³/mol. The van der Waals surface area contributed by atoms with Gasteiger partial charge in [0.05, 0.1) is 6.04 Å². The molecule has 6 nitrogen and oxygen atoms in total. The van der Waals surface area contributed by atoms with Gasteiger partial charge in [-0.1, -0.05) is 120 Å². The maximum atomic E-state index is 13.2. The first-order valence-electron chi connectivity index (χ1n) is 15.5. The highest BCUT2D eigenvalue weighted by molar-refractivity contribution is 7.99. The minimum atomic E-state index is 0.198. The van der Waals surface area contributed by atoms with Crippen molar-refractivity contribution in [2.45, 2.75) is 37.4 Å². The second kappa shape index (κ2) is 14.5. The topological polar surface area (TPSA) is 54.3 Å². The van der Waals surface area contributed by atoms with Crippen LogP contribution >= 0.6 is 11.8 Å². The third-order valence-corrected chi connectivity index (χ3v) is 9.24. The molecule has 4 aromatic carbocycles. The molecule has 7 heteroatoms. The maximum Gasteiger partial charge on any atom is 0.222 e. The van der Waals surface area contributed by atoms with Crippen LogP contribution in [0.5, 0.6) is 0 Å². The summed E-state index contributed by atoms with van der Waals surface area (Å²) in [5.41, 5.74) is 6.07. The minimum absolute atomic E-state index is 0.198. The monoisotopic (exact) mass is 601 g/mol. The van der Waals surface area contributed by atoms with E-state index in [1.807, 2.05) is 11.0 Å². The number of rotatable bonds is 11. The zero-order valence-electron chi connectivity index (χ0n) is 25.3. The molecule has 1 aliphatic rings. The lowest BCUT2D eigenvalue weighted by Gasteiger charge is -2.40. The summed E-state index contributed by atoms with van der Waals surface area (Å²) in [6.07, 6.45) is 2.06. The number of hydrogen-bond donors (Lipinski definition) is 0. The first-order chi connectivity index (χ1) is 21.7. The number of aromatic nitrogens is 3. The van der Waals surface area contributed by atoms with Gasteiger partial charge < -0.3 is 4.90 Å². The Balaban J connectivity index is 1.04. The lowest BCUT2D eigenvalue weighted by molar-refractivity contribution is -0.133. The van der Waals surface area contributed by atoms with Gasteiger partial charge >= 0.3 is 0 Å². The Morgan fingerprint density at radius 2 is 1.34 bits per heavy atom. The number of carbonyl (C=O) groups is 1. The van der Waals surface area contributed by atoms with E-state index in [2.05, 4.69) is 136 Å². The molecule has 2 heterocycles. The van der Waals surface area contributed by atoms with Crippen molar-refractivity contribution < 1.29 is 4.79 Å². The van der Waals surface area contributed by atoms with Crippen molar-refractivity contribution in [1.29, 1.82) is 0 Å². The average molecular weight is 602 g/mol. The Hall–Kier alpha value is -4.20. The minimum Gasteiger partial charge on any atom is -0.340 e. The molecule has 0 unspecified atom stereocenters. The highest BCUT2D eigenvalue weighted by Gasteiger charge is 2.28. The van der Waals surface area contributed by atoms with Gasteiger partial charge in [-0.05, 0) is 42.2 Å². The van der Waals surface area contributed by atoms with E-state index in [0.29, 0.717) is 12.8 Å². The zero-order chi connectivity index (χ0) is 30.1. The standard InChI is InChI=1S/C37H39N5OS/c1-29-19-21-33(22-20-29)42-34(28-30-12-5-2-6-13-30)38-39-37(42)44-27-11-18-35(43)40-23-25-41(26-24-40)36(31-14-7-3-8-15-31)32-16-9-4-10-17-32/h2-10,12-17,19-22,36H,11,18,23-28H2,1H3. The first kappa shape index (κ1) is 29.9. The number of hydrogen-bond acceptors (Lipinski definition) is 5. The summed E-state index contributed by atoms with van der Waals surface area (Å²) in [6, 6.07) is 40.5. The predicted octanol–water partition coefficient (Wildman–Crippen LogP) is 6.97. The number of aryl methyl sites for hydroxylation is 1. The summed E-state index contributed by atoms with van der Waals surface area (Å²) >= 11 is 1.68. The smallest absolute Gasteiger partial charge is 0.222 e. The van der Waals surface area contributed by atoms with Crippen molar-refractivity contribution >= 4 is 17.7 Å². The summed E-state index contributed by atoms with van der Waals surface area (Å²) in [5.74, 6) is 1.97. The maximum absolute atomic E-state index is 13.2. The third kappa shape index (κ3) is 7.29. The van der Waals surface area contributed by atoms with E-state index >= 15 is 0 Å². The molecule has 5 aromatic rings. The molecule has 0 spiro atoms. The van der Waals surface area contributed by atoms with Crippen LogP contribution in [0.25, 0.3) is 5.69 Å². The SMILES string of the molecule is Cc1ccc(-n2c(Cc3ccccc3)nnc2SCCCC(=O)N2CCN(C(c3ccccc3)c3ccccc3)CC2)cc1. The Kier molecular flexibility index (Phi) is 9.85. The van der Waals surface area contributed by atoms with E-state index in [1.54, 1.807) is 11.8 Å². The Labute approximate surface area is 264 Å². The molecule has 0 aliphatic carbocycles. The number of nitrogens with zero attached hydrogens (tertiary/aromatic N) is 5. The number of thioether (sulfide) groups is 1. The molecule has 0 radical (unpaired) electrons. The number of piperazine rings is 1. The summed E-state index contributed by atoms with van der Waals surface area (Å²) in [5, 5.41) is 10.0. The fourth-order valence-electron chi connectivity index (χ4n) is 5.90. The van der Waals surface area contributed by atoms with Gasteiger partial charge in [-0.25, -0.2) is 0 Å². The van der Waals surface area contributed by atoms with Crippen molar-refractivity contribution in [2.75, 3.05) is 31.9 Å². The summed E-state index contributed by atoms with van der Waals surface area (Å²) in [7, 11) is 0. The van der Waals surface area contributed by atoms with Crippen LogP contribution in [-0.2, 0) is 11.2 Å². The van der Waals surface area contributed by atoms with Crippen molar-refractivity contribution in [2.24, 2.45) is 0 Å². The van der Waals surface area contributed by atoms with Crippen LogP contribution in [0, 0.1) is 6.92 Å². The van der Waals surface area contributed by atoms with Crippen LogP contribution in [0.15, 0.2) is 120 Å². The fraction of sp³-hybridized carbons (Fsp3) is 0.270. The van der Waals surface area contributed by atoms with Gasteiger partial charge in [-0.15, -0.1) is 10.2 Å². The molecule has 224 valence electrons. The Morgan fingerprint density at radius 3 is 1.95 bits per heavy atom. The largest absolute Gasteiger partial charge is 0.340 e. The normalized spacial score (nSPS) is 13.8. The van der Waals surface area contributed by atoms with Crippen molar-refractivity contribution in [3.8, 4) is 5.69 Å². The lowest BCUT2D eigenvalue weighted by Crippen LogP contribution is -2.49. The number of carbonyl (C=O) groups excluding carboxylic acids is 1. The van der Waals surface area contributed by atoms with E-state index in [1.165, 1.54) is 22.3 Å². The van der Waals surface area contributed by atoms with Crippen LogP contribution in [0.4, 0.5) is 0 Å². The number of benzene rings is 4. The first-order valence-corrected chi connectivity index (χ1v) is 16.4. The van der Waals surface area contributed by atoms with E-state index in [9.17, 15) is 4.79 Å². The summed E-state index contributed by atoms with van der Waals surface area (Å²) < 4.78 is 2.16. The van der Waals surface area contributed by atoms with E-state index < -0.39 is 0 Å². The van der Waals surface area contributed by atoms with Crippen LogP contribution in [0.3, 0.4) is 0 Å². The Morgan fingerprint density at radius 1 is 0.750 bits per heavy atom. The van der Waals surface area contributed by atoms with E-state index in [-0.39, 0.29) is 11.9 Å². The van der Waals surface area contributed by atoms with Crippen molar-refractivity contribution in [3.05, 3.63) is 143 Å². The molecule has 44 heavy (non-hydrogen) atoms. The zero-order valence-corrected chi connectivity index (χ0v) is 26.1. The lowest BCUT2D eigenvalue weighted by atomic mass is 9.96. The van der Waals surface area contributed by atoms with Crippen LogP contribution in [0.2, 0.25) is 0 Å². The average Bonchev–Trinajstić information content (AvgIpc) is 3.47. The van der Waals surface area contributed by atoms with Gasteiger partial charge in [0.25, 0.3) is 0 Å². The molecule has 1 fully saturated rings. The van der Waals surface area contributed by atoms with Crippen molar-refractivity contribution in [1.82, 2.24) is 24.6 Å². The quantitative estimate of drug-likeness (QED) is 0.121. The number of amides is 1. The molecular weight excluding hydrogens is 563 g/mol. The van der Waals surface area contributed by atoms with Crippen LogP contribution in [0.1, 0.15) is 47.0 Å².